The molecule has 5 unspecified atom stereocenters. The summed E-state index contributed by atoms with van der Waals surface area (Å²) in [6.45, 7) is 57.1. The summed E-state index contributed by atoms with van der Waals surface area (Å²) in [5, 5.41) is 42.8. The van der Waals surface area contributed by atoms with E-state index in [0.717, 1.165) is 97.9 Å². The monoisotopic (exact) mass is 1550 g/mol. The molecule has 30 nitrogen and oxygen atoms in total. The zero-order valence-electron chi connectivity index (χ0n) is 69.8. The molecule has 10 aliphatic heterocycles. The number of epoxide rings is 2. The van der Waals surface area contributed by atoms with Crippen molar-refractivity contribution in [1.82, 2.24) is 0 Å². The Kier molecular flexibility index (Phi) is 71.1. The van der Waals surface area contributed by atoms with Crippen molar-refractivity contribution in [2.45, 2.75) is 262 Å². The lowest BCUT2D eigenvalue weighted by Crippen LogP contribution is -2.48. The summed E-state index contributed by atoms with van der Waals surface area (Å²) in [6.07, 6.45) is 13.6. The fourth-order valence-electron chi connectivity index (χ4n) is 7.33. The summed E-state index contributed by atoms with van der Waals surface area (Å²) in [6, 6.07) is 0. The van der Waals surface area contributed by atoms with Crippen LogP contribution < -0.4 is 0 Å². The average molecular weight is 1550 g/mol. The van der Waals surface area contributed by atoms with Gasteiger partial charge in [0.05, 0.1) is 201 Å². The van der Waals surface area contributed by atoms with E-state index >= 15 is 0 Å². The second-order valence-electron chi connectivity index (χ2n) is 26.3. The molecule has 0 bridgehead atoms. The van der Waals surface area contributed by atoms with Gasteiger partial charge < -0.3 is 144 Å². The van der Waals surface area contributed by atoms with Crippen LogP contribution in [-0.2, 0) is 118 Å². The molecular formula is C76H152O30. The minimum absolute atomic E-state index is 0.0451. The minimum atomic E-state index is -1.41. The molecule has 7 saturated heterocycles. The second kappa shape index (κ2) is 68.9. The van der Waals surface area contributed by atoms with Crippen LogP contribution in [0.5, 0.6) is 0 Å². The van der Waals surface area contributed by atoms with E-state index in [1.54, 1.807) is 47.7 Å². The maximum atomic E-state index is 8.78. The first kappa shape index (κ1) is 109. The van der Waals surface area contributed by atoms with Gasteiger partial charge in [0.1, 0.15) is 31.2 Å². The summed E-state index contributed by atoms with van der Waals surface area (Å²) >= 11 is 0. The molecule has 7 fully saturated rings. The number of aliphatic hydroxyl groups excluding tert-OH is 5. The number of methoxy groups -OCH3 is 3. The Bertz CT molecular complexity index is 1850. The fourth-order valence-corrected chi connectivity index (χ4v) is 7.33. The van der Waals surface area contributed by atoms with E-state index in [1.807, 2.05) is 143 Å². The van der Waals surface area contributed by atoms with Crippen molar-refractivity contribution < 1.29 is 144 Å². The van der Waals surface area contributed by atoms with Crippen LogP contribution in [-0.4, -0.2) is 290 Å². The van der Waals surface area contributed by atoms with Crippen molar-refractivity contribution in [3.05, 3.63) is 49.4 Å². The Labute approximate surface area is 638 Å². The molecule has 0 aromatic heterocycles. The molecular weight excluding hydrogens is 1390 g/mol. The predicted molar refractivity (Wildman–Crippen MR) is 402 cm³/mol. The van der Waals surface area contributed by atoms with E-state index in [1.165, 1.54) is 25.5 Å². The first-order valence-corrected chi connectivity index (χ1v) is 37.4. The zero-order chi connectivity index (χ0) is 81.2. The third-order valence-corrected chi connectivity index (χ3v) is 13.1. The van der Waals surface area contributed by atoms with E-state index in [9.17, 15) is 0 Å². The van der Waals surface area contributed by atoms with E-state index in [0.29, 0.717) is 52.5 Å². The summed E-state index contributed by atoms with van der Waals surface area (Å²) < 4.78 is 127. The molecule has 10 heterocycles. The number of allylic oxidation sites excluding steroid dienone is 1. The zero-order valence-corrected chi connectivity index (χ0v) is 69.8. The second-order valence-corrected chi connectivity index (χ2v) is 26.3. The van der Waals surface area contributed by atoms with Crippen molar-refractivity contribution >= 4 is 0 Å². The number of rotatable bonds is 26. The normalized spacial score (nSPS) is 21.7. The first-order chi connectivity index (χ1) is 50.2. The fraction of sp³-hybridized carbons (Fsp3) is 0.895. The van der Waals surface area contributed by atoms with Gasteiger partial charge in [-0.15, -0.1) is 0 Å². The van der Waals surface area contributed by atoms with Gasteiger partial charge in [-0.1, -0.05) is 13.5 Å². The molecule has 5 N–H and O–H groups in total. The van der Waals surface area contributed by atoms with Crippen LogP contribution in [0.2, 0.25) is 0 Å². The molecule has 106 heavy (non-hydrogen) atoms. The summed E-state index contributed by atoms with van der Waals surface area (Å²) in [7, 11) is 4.92. The van der Waals surface area contributed by atoms with Gasteiger partial charge in [0.15, 0.2) is 17.4 Å². The average Bonchev–Trinajstić information content (AvgIpc) is 1.27. The topological polar surface area (TPSA) is 339 Å². The Morgan fingerprint density at radius 1 is 0.528 bits per heavy atom. The van der Waals surface area contributed by atoms with Crippen molar-refractivity contribution in [3.8, 4) is 0 Å². The lowest BCUT2D eigenvalue weighted by atomic mass is 9.90. The molecule has 0 saturated carbocycles. The lowest BCUT2D eigenvalue weighted by molar-refractivity contribution is -0.525. The number of ether oxygens (including phenoxy) is 25. The lowest BCUT2D eigenvalue weighted by Gasteiger charge is -2.37. The molecule has 30 heteroatoms. The van der Waals surface area contributed by atoms with Gasteiger partial charge in [0.25, 0.3) is 0 Å². The van der Waals surface area contributed by atoms with Gasteiger partial charge >= 0.3 is 12.3 Å². The molecule has 636 valence electrons. The highest BCUT2D eigenvalue weighted by Gasteiger charge is 2.42. The van der Waals surface area contributed by atoms with Gasteiger partial charge in [-0.25, -0.2) is 0 Å². The SMILES string of the molecule is C1=COCC1.C1=COCCC1.C1COC1.C1COCO1.C=COCC.CC(C)OC(OC(C)C)(OC(C)C)OC(C)C.CC1(C)OC(CO)C(CO)O1.CC1(C)OCC(CO)O1.CC1(CO)COC1.CC1CO1.CCOC(OCC)(OCC)OCC.COC(C)(C)OC.COC1=CCOCC1.OCC1CO1. The highest BCUT2D eigenvalue weighted by Crippen LogP contribution is 2.29. The van der Waals surface area contributed by atoms with Crippen molar-refractivity contribution in [2.75, 3.05) is 180 Å². The van der Waals surface area contributed by atoms with Crippen molar-refractivity contribution in [2.24, 2.45) is 5.41 Å². The van der Waals surface area contributed by atoms with Gasteiger partial charge in [0.2, 0.25) is 0 Å². The van der Waals surface area contributed by atoms with Crippen molar-refractivity contribution in [1.29, 1.82) is 0 Å². The maximum absolute atomic E-state index is 8.78. The number of hydrogen-bond acceptors (Lipinski definition) is 30. The minimum Gasteiger partial charge on any atom is -0.502 e. The Hall–Kier alpha value is -2.88. The molecule has 0 aromatic rings. The smallest absolute Gasteiger partial charge is 0.413 e. The van der Waals surface area contributed by atoms with Crippen LogP contribution in [0, 0.1) is 5.41 Å². The molecule has 0 aliphatic carbocycles. The van der Waals surface area contributed by atoms with E-state index < -0.39 is 41.9 Å². The summed E-state index contributed by atoms with van der Waals surface area (Å²) in [5.41, 5.74) is 0.0972. The third-order valence-electron chi connectivity index (χ3n) is 13.1. The Morgan fingerprint density at radius 2 is 0.972 bits per heavy atom. The first-order valence-electron chi connectivity index (χ1n) is 37.4. The van der Waals surface area contributed by atoms with Crippen LogP contribution >= 0.6 is 0 Å². The largest absolute Gasteiger partial charge is 0.502 e. The molecule has 5 atom stereocenters. The van der Waals surface area contributed by atoms with Crippen LogP contribution in [0.1, 0.15) is 178 Å². The molecule has 0 spiro atoms. The maximum Gasteiger partial charge on any atom is 0.413 e. The van der Waals surface area contributed by atoms with Crippen LogP contribution in [0.15, 0.2) is 49.4 Å². The van der Waals surface area contributed by atoms with E-state index in [2.05, 4.69) is 23.0 Å². The summed E-state index contributed by atoms with van der Waals surface area (Å²) in [5.74, 6) is -0.537. The van der Waals surface area contributed by atoms with Crippen LogP contribution in [0.25, 0.3) is 0 Å². The number of aliphatic hydroxyl groups is 5. The molecule has 10 aliphatic rings. The highest BCUT2D eigenvalue weighted by molar-refractivity contribution is 4.95. The summed E-state index contributed by atoms with van der Waals surface area (Å²) in [4.78, 5) is 0. The van der Waals surface area contributed by atoms with Gasteiger partial charge in [-0.3, -0.25) is 0 Å². The molecule has 0 radical (unpaired) electrons. The standard InChI is InChI=1S/C13H28O4.C9H20O4.C7H14O4.C6H12O3.C6H10O2.C5H10O2.C5H12O2.C5H8O.C4H6O.C4H8O.2C3H6O2.2C3H6O/c1-9(2)14-13(15-10(3)4,16-11(5)6)17-12(7)8;1-5-10-9(11-6-2,12-7-3)13-8-4;1-7(2)10-5(3-8)6(4-9)11-7;1-6(2)8-4-5(3-7)9-6;1-7-6-2-4-8-5-3-6;1-5(2-6)3-7-4-5;1-5(2,6-3)7-4;1-2-4-6-5-3-1;1-2-4-5-3-1;1-3-5-4-2;4-1-3-2-5-3;1-2-5-3-4-1;1-3-2-4-3;1-2-4-3-1/h9-12H,1-8H3;5-8H2,1-4H3;5-6,8-9H,3-4H2,1-2H3;5,7H,3-4H2,1-2H3;2H,3-5H2,1H3;6H,2-4H2,1H3;1-4H3;2,4H,1,3,5H2;1,3H,2,4H2;3H,1,4H2,2H3;3-4H,1-2H2;1-3H2;3H,2H2,1H3;1-3H2. The van der Waals surface area contributed by atoms with Crippen LogP contribution in [0.3, 0.4) is 0 Å². The van der Waals surface area contributed by atoms with Gasteiger partial charge in [-0.2, -0.15) is 0 Å². The third kappa shape index (κ3) is 69.1. The molecule has 10 rings (SSSR count). The van der Waals surface area contributed by atoms with Crippen molar-refractivity contribution in [3.63, 3.8) is 0 Å². The number of hydrogen-bond donors (Lipinski definition) is 5. The Balaban J connectivity index is -0.000000539. The molecule has 0 amide bonds. The quantitative estimate of drug-likeness (QED) is 0.0305. The van der Waals surface area contributed by atoms with E-state index in [-0.39, 0.29) is 75.1 Å². The predicted octanol–water partition coefficient (Wildman–Crippen LogP) is 10.2. The van der Waals surface area contributed by atoms with E-state index in [4.69, 9.17) is 134 Å². The van der Waals surface area contributed by atoms with Gasteiger partial charge in [-0.05, 0) is 176 Å². The Morgan fingerprint density at radius 3 is 1.11 bits per heavy atom. The van der Waals surface area contributed by atoms with Gasteiger partial charge in [0, 0.05) is 45.7 Å². The van der Waals surface area contributed by atoms with Crippen LogP contribution in [0.4, 0.5) is 0 Å². The molecule has 0 aromatic carbocycles. The highest BCUT2D eigenvalue weighted by atomic mass is 17.0.